The fourth-order valence-corrected chi connectivity index (χ4v) is 1.92. The molecule has 17 heavy (non-hydrogen) atoms. The van der Waals surface area contributed by atoms with Crippen molar-refractivity contribution in [3.8, 4) is 0 Å². The molecule has 1 aliphatic rings. The van der Waals surface area contributed by atoms with Crippen molar-refractivity contribution >= 4 is 7.12 Å². The van der Waals surface area contributed by atoms with Gasteiger partial charge in [0.2, 0.25) is 0 Å². The molecule has 0 aromatic carbocycles. The maximum atomic E-state index is 5.95. The first-order chi connectivity index (χ1) is 7.78. The summed E-state index contributed by atoms with van der Waals surface area (Å²) in [6.45, 7) is 12.8. The van der Waals surface area contributed by atoms with Crippen LogP contribution in [-0.4, -0.2) is 18.3 Å². The molecule has 1 fully saturated rings. The molecular formula is C14H27BO2. The summed E-state index contributed by atoms with van der Waals surface area (Å²) in [5, 5.41) is 0. The Morgan fingerprint density at radius 2 is 1.65 bits per heavy atom. The van der Waals surface area contributed by atoms with Crippen LogP contribution in [0.2, 0.25) is 6.32 Å². The van der Waals surface area contributed by atoms with Crippen LogP contribution in [0.15, 0.2) is 11.6 Å². The first-order valence-electron chi connectivity index (χ1n) is 6.80. The SMILES string of the molecule is CCCC/C(C)=C\CB1OC(C)(C)C(C)(C)O1. The molecule has 0 aromatic heterocycles. The maximum absolute atomic E-state index is 5.95. The number of unbranched alkanes of at least 4 members (excludes halogenated alkanes) is 1. The first kappa shape index (κ1) is 14.8. The summed E-state index contributed by atoms with van der Waals surface area (Å²) < 4.78 is 11.9. The highest BCUT2D eigenvalue weighted by atomic mass is 16.7. The van der Waals surface area contributed by atoms with E-state index in [2.05, 4.69) is 47.6 Å². The molecule has 1 heterocycles. The average Bonchev–Trinajstić information content (AvgIpc) is 2.41. The van der Waals surface area contributed by atoms with Gasteiger partial charge >= 0.3 is 7.12 Å². The smallest absolute Gasteiger partial charge is 0.403 e. The topological polar surface area (TPSA) is 18.5 Å². The summed E-state index contributed by atoms with van der Waals surface area (Å²) in [4.78, 5) is 0. The van der Waals surface area contributed by atoms with E-state index < -0.39 is 0 Å². The Bertz CT molecular complexity index is 266. The molecule has 98 valence electrons. The Morgan fingerprint density at radius 3 is 2.12 bits per heavy atom. The highest BCUT2D eigenvalue weighted by Gasteiger charge is 2.50. The molecule has 1 aliphatic heterocycles. The number of hydrogen-bond donors (Lipinski definition) is 0. The van der Waals surface area contributed by atoms with E-state index in [1.54, 1.807) is 0 Å². The van der Waals surface area contributed by atoms with Crippen LogP contribution in [0.25, 0.3) is 0 Å². The van der Waals surface area contributed by atoms with E-state index in [9.17, 15) is 0 Å². The third-order valence-electron chi connectivity index (χ3n) is 3.89. The number of hydrogen-bond acceptors (Lipinski definition) is 2. The van der Waals surface area contributed by atoms with Gasteiger partial charge in [0.15, 0.2) is 0 Å². The van der Waals surface area contributed by atoms with E-state index in [0.29, 0.717) is 0 Å². The Kier molecular flexibility index (Phi) is 4.85. The molecule has 0 unspecified atom stereocenters. The Balaban J connectivity index is 2.45. The second-order valence-corrected chi connectivity index (χ2v) is 6.08. The van der Waals surface area contributed by atoms with Crippen molar-refractivity contribution in [1.82, 2.24) is 0 Å². The van der Waals surface area contributed by atoms with E-state index in [0.717, 1.165) is 6.32 Å². The van der Waals surface area contributed by atoms with Crippen LogP contribution < -0.4 is 0 Å². The van der Waals surface area contributed by atoms with Gasteiger partial charge in [-0.2, -0.15) is 0 Å². The molecule has 1 rings (SSSR count). The molecule has 0 aromatic rings. The van der Waals surface area contributed by atoms with Crippen molar-refractivity contribution in [1.29, 1.82) is 0 Å². The van der Waals surface area contributed by atoms with Crippen LogP contribution in [0, 0.1) is 0 Å². The second kappa shape index (κ2) is 5.58. The molecule has 0 atom stereocenters. The summed E-state index contributed by atoms with van der Waals surface area (Å²) >= 11 is 0. The predicted octanol–water partition coefficient (Wildman–Crippen LogP) is 4.22. The Labute approximate surface area is 107 Å². The van der Waals surface area contributed by atoms with Crippen molar-refractivity contribution in [2.24, 2.45) is 0 Å². The fourth-order valence-electron chi connectivity index (χ4n) is 1.92. The van der Waals surface area contributed by atoms with Gasteiger partial charge in [-0.15, -0.1) is 0 Å². The fraction of sp³-hybridized carbons (Fsp3) is 0.857. The highest BCUT2D eigenvalue weighted by Crippen LogP contribution is 2.37. The van der Waals surface area contributed by atoms with Gasteiger partial charge < -0.3 is 9.31 Å². The van der Waals surface area contributed by atoms with Gasteiger partial charge in [0, 0.05) is 6.32 Å². The van der Waals surface area contributed by atoms with Crippen molar-refractivity contribution in [3.05, 3.63) is 11.6 Å². The number of allylic oxidation sites excluding steroid dienone is 2. The lowest BCUT2D eigenvalue weighted by Gasteiger charge is -2.32. The van der Waals surface area contributed by atoms with Gasteiger partial charge in [-0.1, -0.05) is 25.0 Å². The highest BCUT2D eigenvalue weighted by molar-refractivity contribution is 6.46. The van der Waals surface area contributed by atoms with E-state index in [4.69, 9.17) is 9.31 Å². The Hall–Kier alpha value is -0.275. The van der Waals surface area contributed by atoms with Gasteiger partial charge in [0.1, 0.15) is 0 Å². The molecule has 0 amide bonds. The van der Waals surface area contributed by atoms with Crippen molar-refractivity contribution in [3.63, 3.8) is 0 Å². The van der Waals surface area contributed by atoms with Gasteiger partial charge in [-0.25, -0.2) is 0 Å². The van der Waals surface area contributed by atoms with Crippen LogP contribution >= 0.6 is 0 Å². The second-order valence-electron chi connectivity index (χ2n) is 6.08. The zero-order chi connectivity index (χ0) is 13.1. The first-order valence-corrected chi connectivity index (χ1v) is 6.80. The Morgan fingerprint density at radius 1 is 1.12 bits per heavy atom. The molecule has 0 N–H and O–H groups in total. The summed E-state index contributed by atoms with van der Waals surface area (Å²) in [6.07, 6.45) is 6.84. The molecular weight excluding hydrogens is 211 g/mol. The molecule has 0 aliphatic carbocycles. The van der Waals surface area contributed by atoms with Gasteiger partial charge in [0.25, 0.3) is 0 Å². The van der Waals surface area contributed by atoms with Crippen LogP contribution in [0.1, 0.15) is 60.8 Å². The van der Waals surface area contributed by atoms with Crippen LogP contribution in [-0.2, 0) is 9.31 Å². The van der Waals surface area contributed by atoms with Crippen LogP contribution in [0.5, 0.6) is 0 Å². The summed E-state index contributed by atoms with van der Waals surface area (Å²) in [7, 11) is -0.0865. The lowest BCUT2D eigenvalue weighted by molar-refractivity contribution is 0.00578. The van der Waals surface area contributed by atoms with Crippen LogP contribution in [0.4, 0.5) is 0 Å². The van der Waals surface area contributed by atoms with Crippen LogP contribution in [0.3, 0.4) is 0 Å². The van der Waals surface area contributed by atoms with E-state index >= 15 is 0 Å². The van der Waals surface area contributed by atoms with Gasteiger partial charge in [-0.3, -0.25) is 0 Å². The number of rotatable bonds is 5. The third kappa shape index (κ3) is 3.85. The van der Waals surface area contributed by atoms with E-state index in [1.807, 2.05) is 0 Å². The minimum Gasteiger partial charge on any atom is -0.403 e. The lowest BCUT2D eigenvalue weighted by Crippen LogP contribution is -2.41. The zero-order valence-corrected chi connectivity index (χ0v) is 12.3. The summed E-state index contributed by atoms with van der Waals surface area (Å²) in [6, 6.07) is 0. The van der Waals surface area contributed by atoms with E-state index in [1.165, 1.54) is 24.8 Å². The predicted molar refractivity (Wildman–Crippen MR) is 74.2 cm³/mol. The third-order valence-corrected chi connectivity index (χ3v) is 3.89. The lowest BCUT2D eigenvalue weighted by atomic mass is 9.84. The molecule has 1 saturated heterocycles. The molecule has 0 spiro atoms. The van der Waals surface area contributed by atoms with Crippen molar-refractivity contribution in [2.75, 3.05) is 0 Å². The summed E-state index contributed by atoms with van der Waals surface area (Å²) in [5.41, 5.74) is 1.03. The van der Waals surface area contributed by atoms with Gasteiger partial charge in [-0.05, 0) is 47.5 Å². The normalized spacial score (nSPS) is 23.2. The zero-order valence-electron chi connectivity index (χ0n) is 12.3. The molecule has 3 heteroatoms. The van der Waals surface area contributed by atoms with E-state index in [-0.39, 0.29) is 18.3 Å². The molecule has 0 bridgehead atoms. The molecule has 0 radical (unpaired) electrons. The molecule has 2 nitrogen and oxygen atoms in total. The minimum absolute atomic E-state index is 0.0865. The quantitative estimate of drug-likeness (QED) is 0.527. The maximum Gasteiger partial charge on any atom is 0.461 e. The van der Waals surface area contributed by atoms with Crippen molar-refractivity contribution < 1.29 is 9.31 Å². The summed E-state index contributed by atoms with van der Waals surface area (Å²) in [5.74, 6) is 0. The standard InChI is InChI=1S/C14H27BO2/c1-7-8-9-12(2)10-11-15-16-13(3,4)14(5,6)17-15/h10H,7-9,11H2,1-6H3/b12-10-. The monoisotopic (exact) mass is 238 g/mol. The van der Waals surface area contributed by atoms with Crippen molar-refractivity contribution in [2.45, 2.75) is 78.3 Å². The average molecular weight is 238 g/mol. The van der Waals surface area contributed by atoms with Gasteiger partial charge in [0.05, 0.1) is 11.2 Å². The molecule has 0 saturated carbocycles. The largest absolute Gasteiger partial charge is 0.461 e. The minimum atomic E-state index is -0.206.